The second-order valence-electron chi connectivity index (χ2n) is 10.4. The lowest BCUT2D eigenvalue weighted by molar-refractivity contribution is -0.153. The van der Waals surface area contributed by atoms with E-state index in [0.717, 1.165) is 36.8 Å². The second-order valence-corrected chi connectivity index (χ2v) is 12.3. The molecule has 3 rings (SSSR count). The molecule has 192 valence electrons. The Hall–Kier alpha value is -2.29. The zero-order valence-electron chi connectivity index (χ0n) is 21.1. The lowest BCUT2D eigenvalue weighted by atomic mass is 9.81. The normalized spacial score (nSPS) is 19.0. The van der Waals surface area contributed by atoms with Gasteiger partial charge in [-0.2, -0.15) is 4.31 Å². The molecule has 6 nitrogen and oxygen atoms in total. The van der Waals surface area contributed by atoms with Gasteiger partial charge in [0.2, 0.25) is 10.0 Å². The number of esters is 1. The van der Waals surface area contributed by atoms with Crippen molar-refractivity contribution in [1.82, 2.24) is 9.62 Å². The molecule has 35 heavy (non-hydrogen) atoms. The number of benzene rings is 2. The summed E-state index contributed by atoms with van der Waals surface area (Å²) in [5, 5.41) is 3.12. The minimum Gasteiger partial charge on any atom is -0.459 e. The number of ether oxygens (including phenoxy) is 1. The number of hydrogen-bond donors (Lipinski definition) is 1. The minimum atomic E-state index is -3.39. The average Bonchev–Trinajstić information content (AvgIpc) is 2.77. The van der Waals surface area contributed by atoms with Crippen LogP contribution in [0.5, 0.6) is 0 Å². The van der Waals surface area contributed by atoms with Crippen molar-refractivity contribution >= 4 is 16.0 Å². The Morgan fingerprint density at radius 1 is 1.00 bits per heavy atom. The van der Waals surface area contributed by atoms with Gasteiger partial charge in [0.15, 0.2) is 0 Å². The highest BCUT2D eigenvalue weighted by molar-refractivity contribution is 7.88. The Balaban J connectivity index is 1.52. The van der Waals surface area contributed by atoms with Gasteiger partial charge in [-0.1, -0.05) is 36.4 Å². The van der Waals surface area contributed by atoms with Gasteiger partial charge in [0.25, 0.3) is 0 Å². The predicted molar refractivity (Wildman–Crippen MR) is 136 cm³/mol. The number of halogens is 1. The van der Waals surface area contributed by atoms with Crippen molar-refractivity contribution < 1.29 is 22.3 Å². The Morgan fingerprint density at radius 3 is 2.11 bits per heavy atom. The standard InChI is InChI=1S/C27H37FN2O4S/c1-27(2,3)34-26(31)18-29-17-20-5-9-22(10-6-20)23-11-15-25(16-12-23)30(35(4,32)33)19-21-7-13-24(28)14-8-21/h5-10,13-14,23,25,29H,11-12,15-19H2,1-4H3. The molecule has 1 saturated carbocycles. The number of nitrogens with zero attached hydrogens (tertiary/aromatic N) is 1. The largest absolute Gasteiger partial charge is 0.459 e. The number of hydrogen-bond acceptors (Lipinski definition) is 5. The Labute approximate surface area is 208 Å². The molecule has 0 bridgehead atoms. The molecule has 0 atom stereocenters. The minimum absolute atomic E-state index is 0.0531. The van der Waals surface area contributed by atoms with E-state index in [9.17, 15) is 17.6 Å². The van der Waals surface area contributed by atoms with E-state index in [4.69, 9.17) is 4.74 Å². The highest BCUT2D eigenvalue weighted by Gasteiger charge is 2.31. The summed E-state index contributed by atoms with van der Waals surface area (Å²) in [6.45, 7) is 6.56. The fourth-order valence-corrected chi connectivity index (χ4v) is 5.71. The Morgan fingerprint density at radius 2 is 1.57 bits per heavy atom. The van der Waals surface area contributed by atoms with Crippen LogP contribution in [0, 0.1) is 5.82 Å². The van der Waals surface area contributed by atoms with E-state index in [1.54, 1.807) is 16.4 Å². The first-order valence-corrected chi connectivity index (χ1v) is 14.0. The molecule has 0 aromatic heterocycles. The summed E-state index contributed by atoms with van der Waals surface area (Å²) >= 11 is 0. The summed E-state index contributed by atoms with van der Waals surface area (Å²) < 4.78 is 45.1. The molecule has 0 unspecified atom stereocenters. The molecule has 2 aromatic carbocycles. The molecule has 0 heterocycles. The van der Waals surface area contributed by atoms with Gasteiger partial charge in [-0.05, 0) is 81.2 Å². The maximum Gasteiger partial charge on any atom is 0.320 e. The maximum atomic E-state index is 13.2. The van der Waals surface area contributed by atoms with Gasteiger partial charge in [0.05, 0.1) is 12.8 Å². The maximum absolute atomic E-state index is 13.2. The van der Waals surface area contributed by atoms with E-state index >= 15 is 0 Å². The zero-order chi connectivity index (χ0) is 25.6. The average molecular weight is 505 g/mol. The van der Waals surface area contributed by atoms with Crippen LogP contribution < -0.4 is 5.32 Å². The highest BCUT2D eigenvalue weighted by Crippen LogP contribution is 2.36. The first kappa shape index (κ1) is 27.3. The van der Waals surface area contributed by atoms with Crippen molar-refractivity contribution in [3.8, 4) is 0 Å². The number of nitrogens with one attached hydrogen (secondary N) is 1. The van der Waals surface area contributed by atoms with E-state index in [2.05, 4.69) is 29.6 Å². The van der Waals surface area contributed by atoms with Crippen molar-refractivity contribution in [2.75, 3.05) is 12.8 Å². The lowest BCUT2D eigenvalue weighted by Gasteiger charge is -2.35. The molecule has 0 spiro atoms. The van der Waals surface area contributed by atoms with Crippen LogP contribution in [0.1, 0.15) is 69.1 Å². The molecule has 0 amide bonds. The Kier molecular flexibility index (Phi) is 9.07. The molecule has 1 aliphatic rings. The van der Waals surface area contributed by atoms with E-state index in [1.807, 2.05) is 20.8 Å². The smallest absolute Gasteiger partial charge is 0.320 e. The lowest BCUT2D eigenvalue weighted by Crippen LogP contribution is -2.41. The van der Waals surface area contributed by atoms with Crippen LogP contribution in [0.3, 0.4) is 0 Å². The van der Waals surface area contributed by atoms with E-state index in [-0.39, 0.29) is 30.9 Å². The van der Waals surface area contributed by atoms with Crippen LogP contribution in [0.2, 0.25) is 0 Å². The topological polar surface area (TPSA) is 75.7 Å². The van der Waals surface area contributed by atoms with Gasteiger partial charge >= 0.3 is 5.97 Å². The summed E-state index contributed by atoms with van der Waals surface area (Å²) in [4.78, 5) is 11.8. The summed E-state index contributed by atoms with van der Waals surface area (Å²) in [7, 11) is -3.39. The first-order chi connectivity index (χ1) is 16.4. The summed E-state index contributed by atoms with van der Waals surface area (Å²) in [5.41, 5.74) is 2.64. The van der Waals surface area contributed by atoms with E-state index < -0.39 is 15.6 Å². The molecule has 2 aromatic rings. The van der Waals surface area contributed by atoms with Gasteiger partial charge in [-0.15, -0.1) is 0 Å². The van der Waals surface area contributed by atoms with Crippen molar-refractivity contribution in [2.24, 2.45) is 0 Å². The van der Waals surface area contributed by atoms with Gasteiger partial charge in [0.1, 0.15) is 11.4 Å². The third-order valence-electron chi connectivity index (χ3n) is 6.25. The third-order valence-corrected chi connectivity index (χ3v) is 7.53. The number of carbonyl (C=O) groups excluding carboxylic acids is 1. The van der Waals surface area contributed by atoms with Crippen molar-refractivity contribution in [3.05, 3.63) is 71.0 Å². The monoisotopic (exact) mass is 504 g/mol. The Bertz CT molecular complexity index is 1070. The molecule has 8 heteroatoms. The van der Waals surface area contributed by atoms with Crippen molar-refractivity contribution in [3.63, 3.8) is 0 Å². The fraction of sp³-hybridized carbons (Fsp3) is 0.519. The number of sulfonamides is 1. The van der Waals surface area contributed by atoms with Gasteiger partial charge < -0.3 is 10.1 Å². The molecule has 1 aliphatic carbocycles. The molecule has 0 aliphatic heterocycles. The van der Waals surface area contributed by atoms with Crippen LogP contribution >= 0.6 is 0 Å². The summed E-state index contributed by atoms with van der Waals surface area (Å²) in [6.07, 6.45) is 4.65. The van der Waals surface area contributed by atoms with Gasteiger partial charge in [-0.3, -0.25) is 4.79 Å². The highest BCUT2D eigenvalue weighted by atomic mass is 32.2. The molecule has 1 fully saturated rings. The molecular weight excluding hydrogens is 467 g/mol. The summed E-state index contributed by atoms with van der Waals surface area (Å²) in [5.74, 6) is -0.208. The van der Waals surface area contributed by atoms with Crippen LogP contribution in [0.25, 0.3) is 0 Å². The SMILES string of the molecule is CC(C)(C)OC(=O)CNCc1ccc(C2CCC(N(Cc3ccc(F)cc3)S(C)(=O)=O)CC2)cc1. The molecule has 1 N–H and O–H groups in total. The number of rotatable bonds is 9. The quantitative estimate of drug-likeness (QED) is 0.499. The van der Waals surface area contributed by atoms with Crippen LogP contribution in [0.4, 0.5) is 4.39 Å². The van der Waals surface area contributed by atoms with E-state index in [1.165, 1.54) is 24.0 Å². The molecule has 0 saturated heterocycles. The summed E-state index contributed by atoms with van der Waals surface area (Å²) in [6, 6.07) is 14.4. The van der Waals surface area contributed by atoms with Crippen molar-refractivity contribution in [2.45, 2.75) is 77.1 Å². The van der Waals surface area contributed by atoms with Gasteiger partial charge in [0, 0.05) is 19.1 Å². The van der Waals surface area contributed by atoms with Crippen LogP contribution in [-0.2, 0) is 32.6 Å². The number of carbonyl (C=O) groups is 1. The second kappa shape index (κ2) is 11.6. The fourth-order valence-electron chi connectivity index (χ4n) is 4.58. The van der Waals surface area contributed by atoms with E-state index in [0.29, 0.717) is 12.5 Å². The van der Waals surface area contributed by atoms with Crippen LogP contribution in [0.15, 0.2) is 48.5 Å². The van der Waals surface area contributed by atoms with Crippen LogP contribution in [-0.4, -0.2) is 43.1 Å². The molecule has 0 radical (unpaired) electrons. The van der Waals surface area contributed by atoms with Gasteiger partial charge in [-0.25, -0.2) is 12.8 Å². The van der Waals surface area contributed by atoms with Crippen molar-refractivity contribution in [1.29, 1.82) is 0 Å². The predicted octanol–water partition coefficient (Wildman–Crippen LogP) is 4.75. The zero-order valence-corrected chi connectivity index (χ0v) is 21.9. The third kappa shape index (κ3) is 8.70. The first-order valence-electron chi connectivity index (χ1n) is 12.1. The molecular formula is C27H37FN2O4S.